The average molecular weight is 217 g/mol. The van der Waals surface area contributed by atoms with Gasteiger partial charge in [-0.1, -0.05) is 12.6 Å². The monoisotopic (exact) mass is 217 g/mol. The van der Waals surface area contributed by atoms with Crippen LogP contribution in [0.4, 0.5) is 11.4 Å². The van der Waals surface area contributed by atoms with Gasteiger partial charge in [0.2, 0.25) is 0 Å². The number of hydrogen-bond acceptors (Lipinski definition) is 3. The minimum absolute atomic E-state index is 0.288. The molecule has 4 nitrogen and oxygen atoms in total. The minimum atomic E-state index is -0.553. The summed E-state index contributed by atoms with van der Waals surface area (Å²) < 4.78 is 0. The van der Waals surface area contributed by atoms with Gasteiger partial charge in [0, 0.05) is 5.71 Å². The Kier molecular flexibility index (Phi) is 3.45. The van der Waals surface area contributed by atoms with E-state index >= 15 is 0 Å². The number of nitrogens with two attached hydrogens (primary N) is 2. The SMILES string of the molecule is C=C(C)C(C)=Nc1cccc(C(N)=O)c1N. The second-order valence-corrected chi connectivity index (χ2v) is 3.58. The Labute approximate surface area is 94.7 Å². The van der Waals surface area contributed by atoms with Crippen molar-refractivity contribution in [3.63, 3.8) is 0 Å². The zero-order chi connectivity index (χ0) is 12.3. The number of amides is 1. The number of allylic oxidation sites excluding steroid dienone is 1. The van der Waals surface area contributed by atoms with Crippen molar-refractivity contribution in [2.24, 2.45) is 10.7 Å². The van der Waals surface area contributed by atoms with Crippen LogP contribution in [0.5, 0.6) is 0 Å². The lowest BCUT2D eigenvalue weighted by Crippen LogP contribution is -2.13. The summed E-state index contributed by atoms with van der Waals surface area (Å²) in [6, 6.07) is 5.00. The van der Waals surface area contributed by atoms with Gasteiger partial charge in [0.15, 0.2) is 0 Å². The molecule has 0 heterocycles. The van der Waals surface area contributed by atoms with Crippen LogP contribution in [0.1, 0.15) is 24.2 Å². The van der Waals surface area contributed by atoms with E-state index in [4.69, 9.17) is 11.5 Å². The highest BCUT2D eigenvalue weighted by Crippen LogP contribution is 2.25. The molecule has 4 N–H and O–H groups in total. The summed E-state index contributed by atoms with van der Waals surface area (Å²) in [5.74, 6) is -0.553. The van der Waals surface area contributed by atoms with Gasteiger partial charge >= 0.3 is 0 Å². The molecule has 0 bridgehead atoms. The van der Waals surface area contributed by atoms with Crippen LogP contribution in [-0.4, -0.2) is 11.6 Å². The largest absolute Gasteiger partial charge is 0.396 e. The number of nitrogen functional groups attached to an aromatic ring is 1. The molecule has 0 aromatic heterocycles. The van der Waals surface area contributed by atoms with Crippen LogP contribution in [0.2, 0.25) is 0 Å². The van der Waals surface area contributed by atoms with Gasteiger partial charge < -0.3 is 11.5 Å². The van der Waals surface area contributed by atoms with Crippen molar-refractivity contribution >= 4 is 23.0 Å². The number of primary amides is 1. The van der Waals surface area contributed by atoms with Crippen molar-refractivity contribution in [1.29, 1.82) is 0 Å². The maximum Gasteiger partial charge on any atom is 0.250 e. The maximum absolute atomic E-state index is 11.1. The topological polar surface area (TPSA) is 81.5 Å². The highest BCUT2D eigenvalue weighted by atomic mass is 16.1. The fourth-order valence-electron chi connectivity index (χ4n) is 1.14. The van der Waals surface area contributed by atoms with Gasteiger partial charge in [0.25, 0.3) is 5.91 Å². The number of para-hydroxylation sites is 1. The van der Waals surface area contributed by atoms with Crippen molar-refractivity contribution < 1.29 is 4.79 Å². The molecule has 1 rings (SSSR count). The van der Waals surface area contributed by atoms with E-state index < -0.39 is 5.91 Å². The molecule has 0 spiro atoms. The van der Waals surface area contributed by atoms with Crippen molar-refractivity contribution in [1.82, 2.24) is 0 Å². The molecular weight excluding hydrogens is 202 g/mol. The van der Waals surface area contributed by atoms with Crippen LogP contribution < -0.4 is 11.5 Å². The summed E-state index contributed by atoms with van der Waals surface area (Å²) in [4.78, 5) is 15.4. The number of nitrogens with zero attached hydrogens (tertiary/aromatic N) is 1. The second-order valence-electron chi connectivity index (χ2n) is 3.58. The molecule has 0 radical (unpaired) electrons. The van der Waals surface area contributed by atoms with E-state index in [-0.39, 0.29) is 5.56 Å². The van der Waals surface area contributed by atoms with Gasteiger partial charge in [-0.05, 0) is 31.6 Å². The average Bonchev–Trinajstić information content (AvgIpc) is 2.20. The first-order valence-corrected chi connectivity index (χ1v) is 4.83. The highest BCUT2D eigenvalue weighted by molar-refractivity contribution is 6.03. The number of hydrogen-bond donors (Lipinski definition) is 2. The Hall–Kier alpha value is -2.10. The van der Waals surface area contributed by atoms with E-state index in [0.29, 0.717) is 11.4 Å². The van der Waals surface area contributed by atoms with Crippen molar-refractivity contribution in [2.45, 2.75) is 13.8 Å². The molecule has 0 fully saturated rings. The van der Waals surface area contributed by atoms with E-state index in [1.54, 1.807) is 18.2 Å². The van der Waals surface area contributed by atoms with Gasteiger partial charge in [0.1, 0.15) is 0 Å². The van der Waals surface area contributed by atoms with Gasteiger partial charge in [-0.2, -0.15) is 0 Å². The molecule has 0 aliphatic rings. The third kappa shape index (κ3) is 2.48. The van der Waals surface area contributed by atoms with Gasteiger partial charge in [-0.15, -0.1) is 0 Å². The fourth-order valence-corrected chi connectivity index (χ4v) is 1.14. The lowest BCUT2D eigenvalue weighted by Gasteiger charge is -2.06. The third-order valence-corrected chi connectivity index (χ3v) is 2.25. The summed E-state index contributed by atoms with van der Waals surface area (Å²) >= 11 is 0. The lowest BCUT2D eigenvalue weighted by atomic mass is 10.1. The molecule has 0 unspecified atom stereocenters. The van der Waals surface area contributed by atoms with Crippen LogP contribution in [0.15, 0.2) is 35.3 Å². The van der Waals surface area contributed by atoms with Gasteiger partial charge in [-0.25, -0.2) is 0 Å². The number of anilines is 1. The first kappa shape index (κ1) is 12.0. The zero-order valence-corrected chi connectivity index (χ0v) is 9.45. The Morgan fingerprint density at radius 1 is 1.38 bits per heavy atom. The predicted molar refractivity (Wildman–Crippen MR) is 67.0 cm³/mol. The Balaban J connectivity index is 3.27. The van der Waals surface area contributed by atoms with Crippen molar-refractivity contribution in [3.8, 4) is 0 Å². The summed E-state index contributed by atoms with van der Waals surface area (Å²) in [6.07, 6.45) is 0. The third-order valence-electron chi connectivity index (χ3n) is 2.25. The zero-order valence-electron chi connectivity index (χ0n) is 9.45. The van der Waals surface area contributed by atoms with Crippen LogP contribution in [-0.2, 0) is 0 Å². The molecular formula is C12H15N3O. The van der Waals surface area contributed by atoms with E-state index in [0.717, 1.165) is 11.3 Å². The molecule has 0 atom stereocenters. The number of carbonyl (C=O) groups excluding carboxylic acids is 1. The number of rotatable bonds is 3. The summed E-state index contributed by atoms with van der Waals surface area (Å²) in [7, 11) is 0. The molecule has 84 valence electrons. The highest BCUT2D eigenvalue weighted by Gasteiger charge is 2.08. The number of benzene rings is 1. The van der Waals surface area contributed by atoms with E-state index in [2.05, 4.69) is 11.6 Å². The molecule has 1 aromatic carbocycles. The minimum Gasteiger partial charge on any atom is -0.396 e. The van der Waals surface area contributed by atoms with Gasteiger partial charge in [0.05, 0.1) is 16.9 Å². The van der Waals surface area contributed by atoms with E-state index in [1.165, 1.54) is 0 Å². The Bertz CT molecular complexity index is 475. The summed E-state index contributed by atoms with van der Waals surface area (Å²) in [5, 5.41) is 0. The molecule has 0 saturated heterocycles. The molecule has 0 aliphatic carbocycles. The second kappa shape index (κ2) is 4.61. The molecule has 16 heavy (non-hydrogen) atoms. The molecule has 1 aromatic rings. The number of carbonyl (C=O) groups is 1. The van der Waals surface area contributed by atoms with Crippen molar-refractivity contribution in [3.05, 3.63) is 35.9 Å². The van der Waals surface area contributed by atoms with Crippen LogP contribution in [0.3, 0.4) is 0 Å². The van der Waals surface area contributed by atoms with Crippen LogP contribution in [0.25, 0.3) is 0 Å². The Morgan fingerprint density at radius 3 is 2.50 bits per heavy atom. The van der Waals surface area contributed by atoms with E-state index in [1.807, 2.05) is 13.8 Å². The molecule has 0 aliphatic heterocycles. The molecule has 1 amide bonds. The smallest absolute Gasteiger partial charge is 0.250 e. The van der Waals surface area contributed by atoms with Gasteiger partial charge in [-0.3, -0.25) is 9.79 Å². The number of aliphatic imine (C=N–C) groups is 1. The maximum atomic E-state index is 11.1. The van der Waals surface area contributed by atoms with Crippen LogP contribution in [0, 0.1) is 0 Å². The fraction of sp³-hybridized carbons (Fsp3) is 0.167. The van der Waals surface area contributed by atoms with Crippen LogP contribution >= 0.6 is 0 Å². The predicted octanol–water partition coefficient (Wildman–Crippen LogP) is 2.04. The molecule has 4 heteroatoms. The molecule has 0 saturated carbocycles. The first-order valence-electron chi connectivity index (χ1n) is 4.83. The lowest BCUT2D eigenvalue weighted by molar-refractivity contribution is 0.100. The summed E-state index contributed by atoms with van der Waals surface area (Å²) in [6.45, 7) is 7.46. The Morgan fingerprint density at radius 2 is 2.00 bits per heavy atom. The standard InChI is InChI=1S/C12H15N3O/c1-7(2)8(3)15-10-6-4-5-9(11(10)13)12(14)16/h4-6H,1,13H2,2-3H3,(H2,14,16). The summed E-state index contributed by atoms with van der Waals surface area (Å²) in [5.41, 5.74) is 13.7. The quantitative estimate of drug-likeness (QED) is 0.600. The van der Waals surface area contributed by atoms with E-state index in [9.17, 15) is 4.79 Å². The normalized spacial score (nSPS) is 11.2. The first-order chi connectivity index (χ1) is 7.43. The van der Waals surface area contributed by atoms with Crippen molar-refractivity contribution in [2.75, 3.05) is 5.73 Å².